The highest BCUT2D eigenvalue weighted by molar-refractivity contribution is 5.87. The quantitative estimate of drug-likeness (QED) is 0.829. The van der Waals surface area contributed by atoms with Gasteiger partial charge in [-0.3, -0.25) is 4.79 Å². The van der Waals surface area contributed by atoms with Gasteiger partial charge in [-0.05, 0) is 19.8 Å². The van der Waals surface area contributed by atoms with E-state index >= 15 is 0 Å². The largest absolute Gasteiger partial charge is 0.348 e. The summed E-state index contributed by atoms with van der Waals surface area (Å²) in [6.07, 6.45) is 6.89. The second-order valence-electron chi connectivity index (χ2n) is 5.64. The molecule has 0 aliphatic carbocycles. The summed E-state index contributed by atoms with van der Waals surface area (Å²) in [5, 5.41) is 0. The normalized spacial score (nSPS) is 25.6. The fourth-order valence-electron chi connectivity index (χ4n) is 3.61. The molecule has 2 fully saturated rings. The molecule has 2 unspecified atom stereocenters. The minimum atomic E-state index is 0.297. The number of aryl methyl sites for hydroxylation is 1. The van der Waals surface area contributed by atoms with Gasteiger partial charge in [-0.25, -0.2) is 15.0 Å². The Balaban J connectivity index is 1.83. The molecule has 2 aromatic rings. The first-order valence-corrected chi connectivity index (χ1v) is 7.23. The van der Waals surface area contributed by atoms with E-state index in [1.54, 1.807) is 6.33 Å². The van der Waals surface area contributed by atoms with Gasteiger partial charge in [0.1, 0.15) is 12.1 Å². The van der Waals surface area contributed by atoms with Crippen LogP contribution in [0.15, 0.2) is 12.7 Å². The van der Waals surface area contributed by atoms with Crippen LogP contribution in [0.3, 0.4) is 0 Å². The van der Waals surface area contributed by atoms with Crippen molar-refractivity contribution in [2.24, 2.45) is 0 Å². The fraction of sp³-hybridized carbons (Fsp3) is 0.571. The number of anilines is 1. The molecule has 20 heavy (non-hydrogen) atoms. The van der Waals surface area contributed by atoms with Crippen LogP contribution in [0.5, 0.6) is 0 Å². The molecular formula is C14H17N5O. The van der Waals surface area contributed by atoms with Crippen molar-refractivity contribution in [2.75, 3.05) is 4.90 Å². The summed E-state index contributed by atoms with van der Waals surface area (Å²) in [4.78, 5) is 27.4. The molecule has 4 heterocycles. The third-order valence-electron chi connectivity index (χ3n) is 4.51. The maximum atomic E-state index is 11.7. The van der Waals surface area contributed by atoms with Crippen LogP contribution in [0.1, 0.15) is 32.6 Å². The molecule has 6 nitrogen and oxygen atoms in total. The molecule has 2 aliphatic heterocycles. The lowest BCUT2D eigenvalue weighted by Gasteiger charge is -2.34. The second-order valence-corrected chi connectivity index (χ2v) is 5.64. The van der Waals surface area contributed by atoms with Crippen LogP contribution in [0.4, 0.5) is 5.82 Å². The van der Waals surface area contributed by atoms with Crippen molar-refractivity contribution < 1.29 is 4.79 Å². The van der Waals surface area contributed by atoms with E-state index in [9.17, 15) is 4.79 Å². The minimum absolute atomic E-state index is 0.297. The third-order valence-corrected chi connectivity index (χ3v) is 4.51. The number of carbonyl (C=O) groups excluding carboxylic acids is 1. The lowest BCUT2D eigenvalue weighted by molar-refractivity contribution is -0.120. The molecule has 2 aromatic heterocycles. The molecule has 0 aromatic carbocycles. The van der Waals surface area contributed by atoms with Crippen LogP contribution >= 0.6 is 0 Å². The Morgan fingerprint density at radius 3 is 2.65 bits per heavy atom. The Morgan fingerprint density at radius 1 is 1.20 bits per heavy atom. The molecular weight excluding hydrogens is 254 g/mol. The first kappa shape index (κ1) is 11.8. The number of carbonyl (C=O) groups is 1. The van der Waals surface area contributed by atoms with Crippen molar-refractivity contribution in [3.63, 3.8) is 0 Å². The molecule has 0 saturated carbocycles. The van der Waals surface area contributed by atoms with Crippen molar-refractivity contribution in [2.45, 2.75) is 51.2 Å². The molecule has 0 N–H and O–H groups in total. The first-order valence-electron chi connectivity index (χ1n) is 7.23. The van der Waals surface area contributed by atoms with Gasteiger partial charge in [0.15, 0.2) is 17.0 Å². The van der Waals surface area contributed by atoms with E-state index < -0.39 is 0 Å². The molecule has 6 heteroatoms. The van der Waals surface area contributed by atoms with E-state index in [4.69, 9.17) is 0 Å². The van der Waals surface area contributed by atoms with Crippen LogP contribution in [-0.4, -0.2) is 37.4 Å². The van der Waals surface area contributed by atoms with Crippen molar-refractivity contribution >= 4 is 22.8 Å². The highest BCUT2D eigenvalue weighted by Gasteiger charge is 2.41. The van der Waals surface area contributed by atoms with Gasteiger partial charge in [0, 0.05) is 31.5 Å². The summed E-state index contributed by atoms with van der Waals surface area (Å²) < 4.78 is 2.03. The van der Waals surface area contributed by atoms with Crippen LogP contribution in [0.25, 0.3) is 11.2 Å². The predicted octanol–water partition coefficient (Wildman–Crippen LogP) is 1.55. The number of piperidine rings is 1. The summed E-state index contributed by atoms with van der Waals surface area (Å²) in [7, 11) is 0. The van der Waals surface area contributed by atoms with Crippen LogP contribution in [0, 0.1) is 0 Å². The summed E-state index contributed by atoms with van der Waals surface area (Å²) >= 11 is 0. The number of hydrogen-bond donors (Lipinski definition) is 0. The highest BCUT2D eigenvalue weighted by atomic mass is 16.1. The Labute approximate surface area is 116 Å². The number of Topliss-reactive ketones (excluding diaryl/α,β-unsaturated/α-hetero) is 1. The molecule has 2 aliphatic rings. The van der Waals surface area contributed by atoms with E-state index in [1.165, 1.54) is 0 Å². The number of ketones is 1. The van der Waals surface area contributed by atoms with Crippen LogP contribution < -0.4 is 4.90 Å². The van der Waals surface area contributed by atoms with E-state index in [1.807, 2.05) is 10.9 Å². The lowest BCUT2D eigenvalue weighted by Crippen LogP contribution is -2.43. The Morgan fingerprint density at radius 2 is 1.95 bits per heavy atom. The maximum absolute atomic E-state index is 11.7. The monoisotopic (exact) mass is 271 g/mol. The molecule has 2 saturated heterocycles. The van der Waals surface area contributed by atoms with Gasteiger partial charge < -0.3 is 9.47 Å². The summed E-state index contributed by atoms with van der Waals surface area (Å²) in [6.45, 7) is 2.92. The van der Waals surface area contributed by atoms with Crippen LogP contribution in [-0.2, 0) is 11.3 Å². The molecule has 2 bridgehead atoms. The van der Waals surface area contributed by atoms with Gasteiger partial charge in [0.2, 0.25) is 0 Å². The molecule has 4 rings (SSSR count). The number of fused-ring (bicyclic) bond motifs is 3. The number of nitrogens with zero attached hydrogens (tertiary/aromatic N) is 5. The van der Waals surface area contributed by atoms with Crippen molar-refractivity contribution in [1.29, 1.82) is 0 Å². The topological polar surface area (TPSA) is 63.9 Å². The van der Waals surface area contributed by atoms with E-state index in [0.29, 0.717) is 30.7 Å². The minimum Gasteiger partial charge on any atom is -0.348 e. The fourth-order valence-corrected chi connectivity index (χ4v) is 3.61. The number of hydrogen-bond acceptors (Lipinski definition) is 5. The molecule has 104 valence electrons. The van der Waals surface area contributed by atoms with Crippen molar-refractivity contribution in [3.8, 4) is 0 Å². The Bertz CT molecular complexity index is 663. The Kier molecular flexibility index (Phi) is 2.52. The molecule has 2 atom stereocenters. The van der Waals surface area contributed by atoms with Crippen molar-refractivity contribution in [1.82, 2.24) is 19.5 Å². The zero-order chi connectivity index (χ0) is 13.7. The SMILES string of the molecule is CCn1cnc2c(N3C4CCC3CC(=O)C4)ncnc21. The van der Waals surface area contributed by atoms with Gasteiger partial charge >= 0.3 is 0 Å². The smallest absolute Gasteiger partial charge is 0.165 e. The predicted molar refractivity (Wildman–Crippen MR) is 74.5 cm³/mol. The highest BCUT2D eigenvalue weighted by Crippen LogP contribution is 2.38. The van der Waals surface area contributed by atoms with E-state index in [-0.39, 0.29) is 0 Å². The third kappa shape index (κ3) is 1.57. The zero-order valence-electron chi connectivity index (χ0n) is 11.5. The van der Waals surface area contributed by atoms with Gasteiger partial charge in [0.25, 0.3) is 0 Å². The van der Waals surface area contributed by atoms with Gasteiger partial charge in [-0.15, -0.1) is 0 Å². The molecule has 0 spiro atoms. The summed E-state index contributed by atoms with van der Waals surface area (Å²) in [6, 6.07) is 0.595. The van der Waals surface area contributed by atoms with Gasteiger partial charge in [0.05, 0.1) is 6.33 Å². The number of aromatic nitrogens is 4. The molecule has 0 radical (unpaired) electrons. The average Bonchev–Trinajstić information content (AvgIpc) is 2.98. The second kappa shape index (κ2) is 4.26. The van der Waals surface area contributed by atoms with Crippen molar-refractivity contribution in [3.05, 3.63) is 12.7 Å². The summed E-state index contributed by atoms with van der Waals surface area (Å²) in [5.74, 6) is 1.29. The van der Waals surface area contributed by atoms with E-state index in [2.05, 4.69) is 26.8 Å². The zero-order valence-corrected chi connectivity index (χ0v) is 11.5. The summed E-state index contributed by atoms with van der Waals surface area (Å²) in [5.41, 5.74) is 1.74. The average molecular weight is 271 g/mol. The standard InChI is InChI=1S/C14H17N5O/c1-2-18-8-17-12-13(18)15-7-16-14(12)19-9-3-4-10(19)6-11(20)5-9/h7-10H,2-6H2,1H3. The lowest BCUT2D eigenvalue weighted by atomic mass is 10.0. The number of imidazole rings is 1. The number of rotatable bonds is 2. The van der Waals surface area contributed by atoms with Crippen LogP contribution in [0.2, 0.25) is 0 Å². The molecule has 0 amide bonds. The first-order chi connectivity index (χ1) is 9.78. The maximum Gasteiger partial charge on any atom is 0.165 e. The van der Waals surface area contributed by atoms with E-state index in [0.717, 1.165) is 36.4 Å². The van der Waals surface area contributed by atoms with Gasteiger partial charge in [-0.2, -0.15) is 0 Å². The Hall–Kier alpha value is -1.98. The van der Waals surface area contributed by atoms with Gasteiger partial charge in [-0.1, -0.05) is 0 Å².